The maximum absolute atomic E-state index is 12.1. The van der Waals surface area contributed by atoms with E-state index >= 15 is 0 Å². The lowest BCUT2D eigenvalue weighted by Crippen LogP contribution is -2.10. The van der Waals surface area contributed by atoms with Crippen molar-refractivity contribution in [2.45, 2.75) is 12.8 Å². The number of ketones is 1. The molecule has 1 aromatic carbocycles. The average molecular weight is 255 g/mol. The fourth-order valence-electron chi connectivity index (χ4n) is 1.78. The van der Waals surface area contributed by atoms with Gasteiger partial charge in [0.2, 0.25) is 0 Å². The molecule has 0 saturated carbocycles. The summed E-state index contributed by atoms with van der Waals surface area (Å²) in [6, 6.07) is 10.6. The van der Waals surface area contributed by atoms with E-state index in [0.717, 1.165) is 5.75 Å². The van der Waals surface area contributed by atoms with E-state index in [1.807, 2.05) is 13.0 Å². The highest BCUT2D eigenvalue weighted by molar-refractivity contribution is 6.02. The number of hydrogen-bond acceptors (Lipinski definition) is 4. The average Bonchev–Trinajstić information content (AvgIpc) is 2.96. The van der Waals surface area contributed by atoms with Gasteiger partial charge in [0.05, 0.1) is 24.5 Å². The van der Waals surface area contributed by atoms with Crippen LogP contribution in [0.3, 0.4) is 0 Å². The molecule has 0 amide bonds. The molecule has 1 atom stereocenters. The summed E-state index contributed by atoms with van der Waals surface area (Å²) in [4.78, 5) is 12.1. The van der Waals surface area contributed by atoms with Gasteiger partial charge in [-0.25, -0.2) is 0 Å². The summed E-state index contributed by atoms with van der Waals surface area (Å²) in [5, 5.41) is 9.19. The van der Waals surface area contributed by atoms with Gasteiger partial charge in [0.25, 0.3) is 0 Å². The van der Waals surface area contributed by atoms with Crippen molar-refractivity contribution in [3.8, 4) is 11.8 Å². The third-order valence-electron chi connectivity index (χ3n) is 2.72. The van der Waals surface area contributed by atoms with Crippen LogP contribution in [0.15, 0.2) is 47.3 Å². The Balaban J connectivity index is 2.23. The zero-order valence-corrected chi connectivity index (χ0v) is 10.5. The first kappa shape index (κ1) is 12.9. The molecule has 2 rings (SSSR count). The molecular formula is C15H13NO3. The number of nitriles is 1. The quantitative estimate of drug-likeness (QED) is 0.770. The van der Waals surface area contributed by atoms with Gasteiger partial charge in [-0.2, -0.15) is 5.26 Å². The zero-order valence-electron chi connectivity index (χ0n) is 10.5. The lowest BCUT2D eigenvalue weighted by Gasteiger charge is -2.08. The van der Waals surface area contributed by atoms with Crippen molar-refractivity contribution in [1.82, 2.24) is 0 Å². The molecule has 0 saturated heterocycles. The van der Waals surface area contributed by atoms with Gasteiger partial charge in [0.1, 0.15) is 17.9 Å². The Labute approximate surface area is 111 Å². The number of nitrogens with zero attached hydrogens (tertiary/aromatic N) is 1. The second kappa shape index (κ2) is 5.87. The van der Waals surface area contributed by atoms with Crippen LogP contribution in [0.5, 0.6) is 5.75 Å². The van der Waals surface area contributed by atoms with Gasteiger partial charge >= 0.3 is 0 Å². The van der Waals surface area contributed by atoms with Crippen LogP contribution >= 0.6 is 0 Å². The molecule has 96 valence electrons. The molecule has 0 N–H and O–H groups in total. The molecule has 0 bridgehead atoms. The Kier molecular flexibility index (Phi) is 3.99. The van der Waals surface area contributed by atoms with E-state index < -0.39 is 5.92 Å². The SMILES string of the molecule is CCOc1ccc(C(C#N)C(=O)c2ccoc2)cc1. The molecule has 1 aromatic heterocycles. The van der Waals surface area contributed by atoms with Crippen molar-refractivity contribution in [2.24, 2.45) is 0 Å². The molecule has 0 aliphatic carbocycles. The molecule has 1 unspecified atom stereocenters. The van der Waals surface area contributed by atoms with Crippen LogP contribution in [0, 0.1) is 11.3 Å². The van der Waals surface area contributed by atoms with Gasteiger partial charge in [-0.1, -0.05) is 12.1 Å². The predicted octanol–water partition coefficient (Wildman–Crippen LogP) is 3.17. The van der Waals surface area contributed by atoms with Crippen LogP contribution in [0.2, 0.25) is 0 Å². The zero-order chi connectivity index (χ0) is 13.7. The topological polar surface area (TPSA) is 63.2 Å². The summed E-state index contributed by atoms with van der Waals surface area (Å²) in [5.74, 6) is -0.368. The predicted molar refractivity (Wildman–Crippen MR) is 69.0 cm³/mol. The number of benzene rings is 1. The van der Waals surface area contributed by atoms with Crippen LogP contribution in [0.1, 0.15) is 28.8 Å². The number of carbonyl (C=O) groups excluding carboxylic acids is 1. The maximum atomic E-state index is 12.1. The van der Waals surface area contributed by atoms with Crippen molar-refractivity contribution in [3.05, 3.63) is 54.0 Å². The minimum absolute atomic E-state index is 0.264. The number of hydrogen-bond donors (Lipinski definition) is 0. The third-order valence-corrected chi connectivity index (χ3v) is 2.72. The second-order valence-corrected chi connectivity index (χ2v) is 3.94. The first-order valence-corrected chi connectivity index (χ1v) is 5.95. The van der Waals surface area contributed by atoms with Crippen LogP contribution in [0.4, 0.5) is 0 Å². The molecule has 0 aliphatic heterocycles. The molecule has 4 nitrogen and oxygen atoms in total. The standard InChI is InChI=1S/C15H13NO3/c1-2-19-13-5-3-11(4-6-13)14(9-16)15(17)12-7-8-18-10-12/h3-8,10,14H,2H2,1H3. The highest BCUT2D eigenvalue weighted by atomic mass is 16.5. The molecule has 0 spiro atoms. The van der Waals surface area contributed by atoms with E-state index in [-0.39, 0.29) is 5.78 Å². The third kappa shape index (κ3) is 2.83. The van der Waals surface area contributed by atoms with Crippen LogP contribution in [-0.2, 0) is 0 Å². The van der Waals surface area contributed by atoms with E-state index in [1.165, 1.54) is 12.5 Å². The normalized spacial score (nSPS) is 11.6. The number of Topliss-reactive ketones (excluding diaryl/α,β-unsaturated/α-hetero) is 1. The van der Waals surface area contributed by atoms with Crippen molar-refractivity contribution >= 4 is 5.78 Å². The van der Waals surface area contributed by atoms with E-state index in [4.69, 9.17) is 9.15 Å². The van der Waals surface area contributed by atoms with Gasteiger partial charge < -0.3 is 9.15 Å². The van der Waals surface area contributed by atoms with Gasteiger partial charge in [-0.05, 0) is 30.7 Å². The van der Waals surface area contributed by atoms with Gasteiger partial charge in [-0.15, -0.1) is 0 Å². The highest BCUT2D eigenvalue weighted by Gasteiger charge is 2.22. The van der Waals surface area contributed by atoms with Gasteiger partial charge in [0.15, 0.2) is 5.78 Å². The van der Waals surface area contributed by atoms with Crippen molar-refractivity contribution in [3.63, 3.8) is 0 Å². The van der Waals surface area contributed by atoms with Gasteiger partial charge in [-0.3, -0.25) is 4.79 Å². The summed E-state index contributed by atoms with van der Waals surface area (Å²) < 4.78 is 10.2. The van der Waals surface area contributed by atoms with Crippen LogP contribution < -0.4 is 4.74 Å². The molecular weight excluding hydrogens is 242 g/mol. The van der Waals surface area contributed by atoms with Crippen molar-refractivity contribution in [1.29, 1.82) is 5.26 Å². The number of carbonyl (C=O) groups is 1. The van der Waals surface area contributed by atoms with E-state index in [9.17, 15) is 10.1 Å². The Hall–Kier alpha value is -2.54. The molecule has 1 heterocycles. The summed E-state index contributed by atoms with van der Waals surface area (Å²) in [7, 11) is 0. The number of rotatable bonds is 5. The first-order chi connectivity index (χ1) is 9.26. The van der Waals surface area contributed by atoms with E-state index in [1.54, 1.807) is 30.3 Å². The maximum Gasteiger partial charge on any atom is 0.187 e. The molecule has 0 aliphatic rings. The molecule has 4 heteroatoms. The largest absolute Gasteiger partial charge is 0.494 e. The fourth-order valence-corrected chi connectivity index (χ4v) is 1.78. The monoisotopic (exact) mass is 255 g/mol. The summed E-state index contributed by atoms with van der Waals surface area (Å²) in [6.45, 7) is 2.48. The van der Waals surface area contributed by atoms with Crippen LogP contribution in [0.25, 0.3) is 0 Å². The Morgan fingerprint density at radius 1 is 1.37 bits per heavy atom. The first-order valence-electron chi connectivity index (χ1n) is 5.95. The summed E-state index contributed by atoms with van der Waals surface area (Å²) >= 11 is 0. The van der Waals surface area contributed by atoms with E-state index in [2.05, 4.69) is 0 Å². The summed E-state index contributed by atoms with van der Waals surface area (Å²) in [6.07, 6.45) is 2.76. The van der Waals surface area contributed by atoms with E-state index in [0.29, 0.717) is 17.7 Å². The van der Waals surface area contributed by atoms with Crippen LogP contribution in [-0.4, -0.2) is 12.4 Å². The Morgan fingerprint density at radius 3 is 2.63 bits per heavy atom. The molecule has 0 radical (unpaired) electrons. The lowest BCUT2D eigenvalue weighted by atomic mass is 9.93. The second-order valence-electron chi connectivity index (χ2n) is 3.94. The van der Waals surface area contributed by atoms with Crippen molar-refractivity contribution in [2.75, 3.05) is 6.61 Å². The lowest BCUT2D eigenvalue weighted by molar-refractivity contribution is 0.0978. The molecule has 0 fully saturated rings. The smallest absolute Gasteiger partial charge is 0.187 e. The molecule has 2 aromatic rings. The minimum atomic E-state index is -0.826. The number of ether oxygens (including phenoxy) is 1. The highest BCUT2D eigenvalue weighted by Crippen LogP contribution is 2.23. The van der Waals surface area contributed by atoms with Crippen molar-refractivity contribution < 1.29 is 13.9 Å². The summed E-state index contributed by atoms with van der Waals surface area (Å²) in [5.41, 5.74) is 1.05. The van der Waals surface area contributed by atoms with Gasteiger partial charge in [0, 0.05) is 0 Å². The number of furan rings is 1. The fraction of sp³-hybridized carbons (Fsp3) is 0.200. The minimum Gasteiger partial charge on any atom is -0.494 e. The Bertz CT molecular complexity index is 579. The molecule has 19 heavy (non-hydrogen) atoms. The Morgan fingerprint density at radius 2 is 2.11 bits per heavy atom.